The van der Waals surface area contributed by atoms with Gasteiger partial charge in [-0.15, -0.1) is 11.8 Å². The molecule has 0 aromatic heterocycles. The van der Waals surface area contributed by atoms with E-state index >= 15 is 0 Å². The van der Waals surface area contributed by atoms with Gasteiger partial charge in [0.25, 0.3) is 0 Å². The van der Waals surface area contributed by atoms with Gasteiger partial charge in [0, 0.05) is 40.1 Å². The van der Waals surface area contributed by atoms with Crippen LogP contribution in [0.3, 0.4) is 0 Å². The maximum absolute atomic E-state index is 14.9. The van der Waals surface area contributed by atoms with Crippen LogP contribution >= 0.6 is 11.8 Å². The Morgan fingerprint density at radius 1 is 0.740 bits per heavy atom. The van der Waals surface area contributed by atoms with E-state index in [1.54, 1.807) is 40.0 Å². The Balaban J connectivity index is 1.28. The van der Waals surface area contributed by atoms with Gasteiger partial charge in [0.2, 0.25) is 23.6 Å². The molecular weight excluding hydrogens is 935 g/mol. The molecule has 1 fully saturated rings. The van der Waals surface area contributed by atoms with Gasteiger partial charge in [0.05, 0.1) is 59.6 Å². The predicted molar refractivity (Wildman–Crippen MR) is 295 cm³/mol. The van der Waals surface area contributed by atoms with Crippen molar-refractivity contribution in [3.63, 3.8) is 0 Å². The third-order valence-electron chi connectivity index (χ3n) is 15.2. The monoisotopic (exact) mass is 1020 g/mol. The molecule has 0 saturated carbocycles. The van der Waals surface area contributed by atoms with Crippen LogP contribution in [0.2, 0.25) is 0 Å². The number of aliphatic hydroxyl groups excluding tert-OH is 1. The lowest BCUT2D eigenvalue weighted by molar-refractivity contribution is -0.148. The summed E-state index contributed by atoms with van der Waals surface area (Å²) in [6.45, 7) is 16.8. The van der Waals surface area contributed by atoms with Gasteiger partial charge in [0.15, 0.2) is 0 Å². The molecule has 4 aromatic rings. The van der Waals surface area contributed by atoms with E-state index in [1.807, 2.05) is 99.9 Å². The molecule has 5 rings (SSSR count). The Morgan fingerprint density at radius 3 is 1.73 bits per heavy atom. The van der Waals surface area contributed by atoms with Gasteiger partial charge in [-0.25, -0.2) is 0 Å². The highest BCUT2D eigenvalue weighted by Gasteiger charge is 2.44. The molecule has 0 bridgehead atoms. The lowest BCUT2D eigenvalue weighted by Crippen LogP contribution is -2.60. The van der Waals surface area contributed by atoms with Crippen molar-refractivity contribution in [3.05, 3.63) is 144 Å². The molecule has 12 nitrogen and oxygen atoms in total. The van der Waals surface area contributed by atoms with Crippen molar-refractivity contribution in [1.82, 2.24) is 25.3 Å². The summed E-state index contributed by atoms with van der Waals surface area (Å²) in [7, 11) is 6.89. The molecule has 3 N–H and O–H groups in total. The van der Waals surface area contributed by atoms with E-state index in [1.165, 1.54) is 16.7 Å². The Hall–Kier alpha value is -5.05. The van der Waals surface area contributed by atoms with E-state index < -0.39 is 53.1 Å². The minimum atomic E-state index is -0.892. The summed E-state index contributed by atoms with van der Waals surface area (Å²) < 4.78 is 11.7. The minimum Gasteiger partial charge on any atom is -0.386 e. The van der Waals surface area contributed by atoms with Crippen molar-refractivity contribution in [2.75, 3.05) is 47.2 Å². The average Bonchev–Trinajstić information content (AvgIpc) is 3.89. The molecule has 1 saturated heterocycles. The minimum absolute atomic E-state index is 0.00791. The second-order valence-corrected chi connectivity index (χ2v) is 22.1. The van der Waals surface area contributed by atoms with Gasteiger partial charge in [-0.3, -0.25) is 24.1 Å². The lowest BCUT2D eigenvalue weighted by atomic mass is 9.84. The van der Waals surface area contributed by atoms with Crippen molar-refractivity contribution >= 4 is 35.4 Å². The Bertz CT molecular complexity index is 2210. The first-order chi connectivity index (χ1) is 34.9. The summed E-state index contributed by atoms with van der Waals surface area (Å²) in [5.74, 6) is -1.14. The number of methoxy groups -OCH3 is 2. The van der Waals surface area contributed by atoms with Gasteiger partial charge in [-0.1, -0.05) is 176 Å². The highest BCUT2D eigenvalue weighted by Crippen LogP contribution is 2.48. The number of likely N-dealkylation sites (N-methyl/N-ethyl adjacent to an activating group) is 2. The molecule has 1 heterocycles. The fraction of sp³-hybridized carbons (Fsp3) is 0.533. The molecule has 13 heteroatoms. The number of benzene rings is 4. The molecule has 4 amide bonds. The first-order valence-electron chi connectivity index (χ1n) is 26.4. The van der Waals surface area contributed by atoms with Crippen molar-refractivity contribution in [2.45, 2.75) is 134 Å². The Labute approximate surface area is 441 Å². The molecule has 73 heavy (non-hydrogen) atoms. The van der Waals surface area contributed by atoms with Crippen molar-refractivity contribution < 1.29 is 33.8 Å². The Kier molecular flexibility index (Phi) is 22.6. The first-order valence-corrected chi connectivity index (χ1v) is 27.4. The van der Waals surface area contributed by atoms with E-state index in [0.29, 0.717) is 30.8 Å². The largest absolute Gasteiger partial charge is 0.386 e. The summed E-state index contributed by atoms with van der Waals surface area (Å²) in [6, 6.07) is 38.2. The SMILES string of the molecule is CC[C@H](C)[C@@H]([C@@H](CC(=O)N1CCC[C@H]1[C@H](OC)[C@@H](C)C(=O)N[C@H](C)[C@@H](O)c1ccccc1)OC)N(C)C(=O)[C@@H](NC(=O)[C@H](C(C)C)N(C)CCSC(c1ccccc1)(c1ccccc1)c1ccccc1)C(C)C. The number of likely N-dealkylation sites (tertiary alicyclic amines) is 1. The molecule has 398 valence electrons. The molecule has 1 aliphatic rings. The van der Waals surface area contributed by atoms with E-state index in [9.17, 15) is 24.3 Å². The number of carbonyl (C=O) groups excluding carboxylic acids is 4. The zero-order chi connectivity index (χ0) is 53.4. The third kappa shape index (κ3) is 14.4. The second-order valence-electron chi connectivity index (χ2n) is 20.8. The number of hydrogen-bond donors (Lipinski definition) is 3. The summed E-state index contributed by atoms with van der Waals surface area (Å²) in [6.07, 6.45) is -0.0241. The smallest absolute Gasteiger partial charge is 0.245 e. The first kappa shape index (κ1) is 58.8. The number of amides is 4. The number of aliphatic hydroxyl groups is 1. The van der Waals surface area contributed by atoms with Crippen LogP contribution in [0.1, 0.15) is 109 Å². The maximum atomic E-state index is 14.9. The fourth-order valence-electron chi connectivity index (χ4n) is 10.9. The zero-order valence-corrected chi connectivity index (χ0v) is 46.4. The normalized spacial score (nSPS) is 17.8. The van der Waals surface area contributed by atoms with Crippen LogP contribution in [-0.2, 0) is 33.4 Å². The van der Waals surface area contributed by atoms with Gasteiger partial charge in [-0.2, -0.15) is 0 Å². The number of thioether (sulfide) groups is 1. The third-order valence-corrected chi connectivity index (χ3v) is 16.7. The number of hydrogen-bond acceptors (Lipinski definition) is 9. The molecular formula is C60H85N5O7S. The van der Waals surface area contributed by atoms with E-state index in [-0.39, 0.29) is 53.8 Å². The fourth-order valence-corrected chi connectivity index (χ4v) is 12.5. The predicted octanol–water partition coefficient (Wildman–Crippen LogP) is 8.97. The molecule has 10 atom stereocenters. The van der Waals surface area contributed by atoms with Crippen LogP contribution in [-0.4, -0.2) is 133 Å². The lowest BCUT2D eigenvalue weighted by Gasteiger charge is -2.41. The summed E-state index contributed by atoms with van der Waals surface area (Å²) >= 11 is 1.85. The topological polar surface area (TPSA) is 141 Å². The number of ether oxygens (including phenoxy) is 2. The number of nitrogens with zero attached hydrogens (tertiary/aromatic N) is 3. The molecule has 0 radical (unpaired) electrons. The molecule has 1 aliphatic heterocycles. The van der Waals surface area contributed by atoms with E-state index in [4.69, 9.17) is 9.47 Å². The summed E-state index contributed by atoms with van der Waals surface area (Å²) in [5.41, 5.74) is 4.23. The van der Waals surface area contributed by atoms with Crippen LogP contribution in [0.25, 0.3) is 0 Å². The van der Waals surface area contributed by atoms with Crippen LogP contribution in [0.15, 0.2) is 121 Å². The second kappa shape index (κ2) is 28.0. The summed E-state index contributed by atoms with van der Waals surface area (Å²) in [4.78, 5) is 63.3. The molecule has 0 spiro atoms. The van der Waals surface area contributed by atoms with Crippen molar-refractivity contribution in [3.8, 4) is 0 Å². The molecule has 4 aromatic carbocycles. The van der Waals surface area contributed by atoms with Crippen molar-refractivity contribution in [1.29, 1.82) is 0 Å². The Morgan fingerprint density at radius 2 is 1.26 bits per heavy atom. The number of rotatable bonds is 27. The molecule has 0 aliphatic carbocycles. The zero-order valence-electron chi connectivity index (χ0n) is 45.6. The summed E-state index contributed by atoms with van der Waals surface area (Å²) in [5, 5.41) is 17.1. The van der Waals surface area contributed by atoms with Crippen LogP contribution in [0.4, 0.5) is 0 Å². The van der Waals surface area contributed by atoms with Crippen LogP contribution in [0, 0.1) is 23.7 Å². The highest BCUT2D eigenvalue weighted by atomic mass is 32.2. The van der Waals surface area contributed by atoms with E-state index in [0.717, 1.165) is 12.8 Å². The standard InChI is InChI=1S/C60H85N5O7S/c1-13-42(6)54(50(71-11)39-51(66)65-36-26-35-49(65)56(72-12)43(7)57(68)61-44(8)55(67)45-27-18-14-19-28-45)64(10)59(70)52(40(2)3)62-58(69)53(41(4)5)63(9)37-38-73-60(46-29-20-15-21-30-46,47-31-22-16-23-32-47)48-33-24-17-25-34-48/h14-25,27-34,40-44,49-50,52-56,67H,13,26,35-39H2,1-12H3,(H,61,68)(H,62,69)/t42-,43+,44+,49-,50+,52-,53-,54-,55+,56+/m0/s1. The van der Waals surface area contributed by atoms with Crippen LogP contribution < -0.4 is 10.6 Å². The van der Waals surface area contributed by atoms with E-state index in [2.05, 4.69) is 102 Å². The molecule has 0 unspecified atom stereocenters. The quantitative estimate of drug-likeness (QED) is 0.0500. The average molecular weight is 1020 g/mol. The highest BCUT2D eigenvalue weighted by molar-refractivity contribution is 8.00. The number of carbonyl (C=O) groups is 4. The van der Waals surface area contributed by atoms with Crippen LogP contribution in [0.5, 0.6) is 0 Å². The van der Waals surface area contributed by atoms with Gasteiger partial charge < -0.3 is 35.0 Å². The van der Waals surface area contributed by atoms with Crippen molar-refractivity contribution in [2.24, 2.45) is 23.7 Å². The van der Waals surface area contributed by atoms with Gasteiger partial charge >= 0.3 is 0 Å². The van der Waals surface area contributed by atoms with Gasteiger partial charge in [-0.05, 0) is 66.8 Å². The maximum Gasteiger partial charge on any atom is 0.245 e. The van der Waals surface area contributed by atoms with Gasteiger partial charge in [0.1, 0.15) is 6.04 Å². The number of nitrogens with one attached hydrogen (secondary N) is 2.